The highest BCUT2D eigenvalue weighted by atomic mass is 16.6. The summed E-state index contributed by atoms with van der Waals surface area (Å²) < 4.78 is 10.8. The summed E-state index contributed by atoms with van der Waals surface area (Å²) in [5.41, 5.74) is -0.128. The lowest BCUT2D eigenvalue weighted by molar-refractivity contribution is -0.384. The molecule has 1 amide bonds. The summed E-state index contributed by atoms with van der Waals surface area (Å²) in [5.74, 6) is -1.97. The van der Waals surface area contributed by atoms with Gasteiger partial charge in [0.1, 0.15) is 11.5 Å². The van der Waals surface area contributed by atoms with Crippen molar-refractivity contribution in [2.45, 2.75) is 19.5 Å². The number of amides is 1. The maximum absolute atomic E-state index is 13.1. The Kier molecular flexibility index (Phi) is 6.05. The Hall–Kier alpha value is -4.60. The number of likely N-dealkylation sites (tertiary alicyclic amines) is 1. The number of nitro benzene ring substituents is 1. The van der Waals surface area contributed by atoms with Crippen LogP contribution in [0.25, 0.3) is 5.76 Å². The highest BCUT2D eigenvalue weighted by Gasteiger charge is 2.46. The van der Waals surface area contributed by atoms with E-state index >= 15 is 0 Å². The largest absolute Gasteiger partial charge is 0.507 e. The van der Waals surface area contributed by atoms with E-state index in [0.29, 0.717) is 11.3 Å². The van der Waals surface area contributed by atoms with Crippen LogP contribution in [0.1, 0.15) is 29.9 Å². The summed E-state index contributed by atoms with van der Waals surface area (Å²) in [6, 6.07) is 11.7. The molecule has 2 aromatic carbocycles. The first-order valence-corrected chi connectivity index (χ1v) is 10.3. The number of rotatable bonds is 7. The third-order valence-corrected chi connectivity index (χ3v) is 5.38. The second-order valence-electron chi connectivity index (χ2n) is 7.47. The molecule has 3 aromatic rings. The van der Waals surface area contributed by atoms with Crippen LogP contribution in [0, 0.1) is 10.1 Å². The first-order chi connectivity index (χ1) is 16.3. The van der Waals surface area contributed by atoms with Crippen LogP contribution in [-0.2, 0) is 16.1 Å². The summed E-state index contributed by atoms with van der Waals surface area (Å²) in [5, 5.41) is 32.4. The number of aliphatic hydroxyl groups excluding tert-OH is 1. The van der Waals surface area contributed by atoms with Crippen molar-refractivity contribution in [2.24, 2.45) is 0 Å². The number of nitrogens with zero attached hydrogens (tertiary/aromatic N) is 2. The molecule has 2 heterocycles. The van der Waals surface area contributed by atoms with Crippen molar-refractivity contribution in [1.82, 2.24) is 4.90 Å². The van der Waals surface area contributed by atoms with Crippen molar-refractivity contribution in [2.75, 3.05) is 6.61 Å². The Morgan fingerprint density at radius 1 is 1.18 bits per heavy atom. The summed E-state index contributed by atoms with van der Waals surface area (Å²) in [6.07, 6.45) is 1.43. The van der Waals surface area contributed by atoms with Gasteiger partial charge in [0.05, 0.1) is 36.0 Å². The summed E-state index contributed by atoms with van der Waals surface area (Å²) in [4.78, 5) is 37.9. The molecule has 174 valence electrons. The fraction of sp³-hybridized carbons (Fsp3) is 0.167. The summed E-state index contributed by atoms with van der Waals surface area (Å²) in [6.45, 7) is 1.92. The molecular formula is C24H20N2O8. The number of aliphatic hydroxyl groups is 1. The Labute approximate surface area is 193 Å². The highest BCUT2D eigenvalue weighted by molar-refractivity contribution is 6.46. The SMILES string of the molecule is CCOc1cc([C@@H]2C(=C(O)c3cccc([N+](=O)[O-])c3)C(=O)C(=O)N2Cc2ccco2)ccc1O. The van der Waals surface area contributed by atoms with E-state index in [4.69, 9.17) is 9.15 Å². The first-order valence-electron chi connectivity index (χ1n) is 10.3. The fourth-order valence-electron chi connectivity index (χ4n) is 3.85. The van der Waals surface area contributed by atoms with Gasteiger partial charge in [-0.1, -0.05) is 18.2 Å². The van der Waals surface area contributed by atoms with Crippen LogP contribution in [0.2, 0.25) is 0 Å². The first kappa shape index (κ1) is 22.6. The zero-order valence-corrected chi connectivity index (χ0v) is 18.0. The van der Waals surface area contributed by atoms with Gasteiger partial charge in [0.2, 0.25) is 0 Å². The lowest BCUT2D eigenvalue weighted by atomic mass is 9.94. The lowest BCUT2D eigenvalue weighted by Crippen LogP contribution is -2.29. The topological polar surface area (TPSA) is 143 Å². The van der Waals surface area contributed by atoms with Gasteiger partial charge in [-0.3, -0.25) is 19.7 Å². The van der Waals surface area contributed by atoms with Crippen LogP contribution in [0.15, 0.2) is 70.9 Å². The van der Waals surface area contributed by atoms with Crippen molar-refractivity contribution in [1.29, 1.82) is 0 Å². The predicted molar refractivity (Wildman–Crippen MR) is 119 cm³/mol. The predicted octanol–water partition coefficient (Wildman–Crippen LogP) is 3.91. The Morgan fingerprint density at radius 3 is 2.65 bits per heavy atom. The number of phenols is 1. The molecule has 0 bridgehead atoms. The Balaban J connectivity index is 1.90. The van der Waals surface area contributed by atoms with Gasteiger partial charge in [0, 0.05) is 17.7 Å². The number of carbonyl (C=O) groups is 2. The average Bonchev–Trinajstić information content (AvgIpc) is 3.43. The van der Waals surface area contributed by atoms with Gasteiger partial charge in [-0.2, -0.15) is 0 Å². The van der Waals surface area contributed by atoms with Crippen molar-refractivity contribution >= 4 is 23.1 Å². The normalized spacial score (nSPS) is 17.2. The van der Waals surface area contributed by atoms with Gasteiger partial charge in [-0.15, -0.1) is 0 Å². The maximum Gasteiger partial charge on any atom is 0.296 e. The molecule has 2 N–H and O–H groups in total. The van der Waals surface area contributed by atoms with Gasteiger partial charge in [-0.05, 0) is 36.8 Å². The molecule has 1 aliphatic rings. The van der Waals surface area contributed by atoms with Gasteiger partial charge in [0.15, 0.2) is 11.5 Å². The Bertz CT molecular complexity index is 1300. The molecule has 1 aliphatic heterocycles. The molecule has 1 atom stereocenters. The number of non-ortho nitro benzene ring substituents is 1. The molecule has 10 heteroatoms. The molecule has 10 nitrogen and oxygen atoms in total. The van der Waals surface area contributed by atoms with Crippen molar-refractivity contribution in [3.8, 4) is 11.5 Å². The minimum absolute atomic E-state index is 0.0130. The number of ketones is 1. The minimum Gasteiger partial charge on any atom is -0.507 e. The van der Waals surface area contributed by atoms with E-state index < -0.39 is 28.4 Å². The molecule has 0 saturated carbocycles. The quantitative estimate of drug-likeness (QED) is 0.176. The molecule has 34 heavy (non-hydrogen) atoms. The van der Waals surface area contributed by atoms with Crippen LogP contribution in [0.4, 0.5) is 5.69 Å². The van der Waals surface area contributed by atoms with Crippen molar-refractivity contribution < 1.29 is 33.9 Å². The molecule has 0 aliphatic carbocycles. The molecule has 4 rings (SSSR count). The van der Waals surface area contributed by atoms with Gasteiger partial charge in [0.25, 0.3) is 17.4 Å². The highest BCUT2D eigenvalue weighted by Crippen LogP contribution is 2.42. The minimum atomic E-state index is -1.07. The molecule has 1 saturated heterocycles. The van der Waals surface area contributed by atoms with E-state index in [1.165, 1.54) is 47.6 Å². The van der Waals surface area contributed by atoms with E-state index in [0.717, 1.165) is 6.07 Å². The second-order valence-corrected chi connectivity index (χ2v) is 7.47. The van der Waals surface area contributed by atoms with Crippen molar-refractivity contribution in [3.05, 3.63) is 93.4 Å². The number of phenolic OH excluding ortho intramolecular Hbond substituents is 1. The zero-order chi connectivity index (χ0) is 24.4. The Morgan fingerprint density at radius 2 is 1.97 bits per heavy atom. The standard InChI is InChI=1S/C24H20N2O8/c1-2-33-19-12-14(8-9-18(19)27)21-20(22(28)15-5-3-6-16(11-15)26(31)32)23(29)24(30)25(21)13-17-7-4-10-34-17/h3-12,21,27-28H,2,13H2,1H3/t21-/m1/s1. The molecule has 1 fully saturated rings. The van der Waals surface area contributed by atoms with Gasteiger partial charge in [-0.25, -0.2) is 0 Å². The number of benzene rings is 2. The van der Waals surface area contributed by atoms with E-state index in [1.807, 2.05) is 0 Å². The van der Waals surface area contributed by atoms with E-state index in [1.54, 1.807) is 19.1 Å². The van der Waals surface area contributed by atoms with Crippen LogP contribution >= 0.6 is 0 Å². The molecule has 0 radical (unpaired) electrons. The number of hydrogen-bond acceptors (Lipinski definition) is 8. The molecular weight excluding hydrogens is 444 g/mol. The van der Waals surface area contributed by atoms with E-state index in [-0.39, 0.29) is 41.5 Å². The smallest absolute Gasteiger partial charge is 0.296 e. The van der Waals surface area contributed by atoms with Crippen LogP contribution in [0.3, 0.4) is 0 Å². The zero-order valence-electron chi connectivity index (χ0n) is 18.0. The lowest BCUT2D eigenvalue weighted by Gasteiger charge is -2.25. The van der Waals surface area contributed by atoms with Gasteiger partial charge >= 0.3 is 0 Å². The van der Waals surface area contributed by atoms with Gasteiger partial charge < -0.3 is 24.3 Å². The van der Waals surface area contributed by atoms with Crippen molar-refractivity contribution in [3.63, 3.8) is 0 Å². The number of ether oxygens (including phenoxy) is 1. The van der Waals surface area contributed by atoms with Crippen LogP contribution in [0.5, 0.6) is 11.5 Å². The number of hydrogen-bond donors (Lipinski definition) is 2. The maximum atomic E-state index is 13.1. The van der Waals surface area contributed by atoms with E-state index in [2.05, 4.69) is 0 Å². The van der Waals surface area contributed by atoms with Crippen LogP contribution in [-0.4, -0.2) is 38.3 Å². The average molecular weight is 464 g/mol. The number of nitro groups is 1. The molecule has 1 aromatic heterocycles. The number of aromatic hydroxyl groups is 1. The third kappa shape index (κ3) is 4.08. The summed E-state index contributed by atoms with van der Waals surface area (Å²) in [7, 11) is 0. The molecule has 0 spiro atoms. The molecule has 0 unspecified atom stereocenters. The second kappa shape index (κ2) is 9.10. The fourth-order valence-corrected chi connectivity index (χ4v) is 3.85. The third-order valence-electron chi connectivity index (χ3n) is 5.38. The number of furan rings is 1. The monoisotopic (exact) mass is 464 g/mol. The number of Topliss-reactive ketones (excluding diaryl/α,β-unsaturated/α-hetero) is 1. The van der Waals surface area contributed by atoms with Crippen LogP contribution < -0.4 is 4.74 Å². The summed E-state index contributed by atoms with van der Waals surface area (Å²) >= 11 is 0. The van der Waals surface area contributed by atoms with E-state index in [9.17, 15) is 29.9 Å². The number of carbonyl (C=O) groups excluding carboxylic acids is 2.